The summed E-state index contributed by atoms with van der Waals surface area (Å²) < 4.78 is 0. The molecule has 0 bridgehead atoms. The van der Waals surface area contributed by atoms with Gasteiger partial charge in [0.05, 0.1) is 6.54 Å². The van der Waals surface area contributed by atoms with Crippen LogP contribution in [0.5, 0.6) is 0 Å². The van der Waals surface area contributed by atoms with Crippen LogP contribution in [0.2, 0.25) is 0 Å². The lowest BCUT2D eigenvalue weighted by Crippen LogP contribution is -2.20. The number of carboxylic acids is 3. The fraction of sp³-hybridized carbons (Fsp3) is 0.500. The van der Waals surface area contributed by atoms with E-state index in [2.05, 4.69) is 5.92 Å². The molecule has 0 heterocycles. The van der Waals surface area contributed by atoms with Gasteiger partial charge >= 0.3 is 17.9 Å². The van der Waals surface area contributed by atoms with Gasteiger partial charge in [0.1, 0.15) is 0 Å². The second-order valence-electron chi connectivity index (χ2n) is 3.05. The first-order chi connectivity index (χ1) is 7.81. The third-order valence-corrected chi connectivity index (χ3v) is 1.47. The van der Waals surface area contributed by atoms with Crippen molar-refractivity contribution in [1.29, 1.82) is 0 Å². The zero-order chi connectivity index (χ0) is 13.8. The first-order valence-electron chi connectivity index (χ1n) is 4.61. The minimum atomic E-state index is -1.82. The van der Waals surface area contributed by atoms with E-state index in [9.17, 15) is 4.79 Å². The molecule has 0 saturated heterocycles. The molecule has 0 amide bonds. The Morgan fingerprint density at radius 2 is 1.65 bits per heavy atom. The Balaban J connectivity index is 0. The van der Waals surface area contributed by atoms with Crippen LogP contribution in [0.25, 0.3) is 0 Å². The summed E-state index contributed by atoms with van der Waals surface area (Å²) in [6.45, 7) is 1.33. The van der Waals surface area contributed by atoms with Gasteiger partial charge < -0.3 is 15.3 Å². The number of hydrogen-bond donors (Lipinski definition) is 3. The fourth-order valence-corrected chi connectivity index (χ4v) is 0.735. The van der Waals surface area contributed by atoms with Crippen LogP contribution < -0.4 is 0 Å². The van der Waals surface area contributed by atoms with Gasteiger partial charge in [-0.3, -0.25) is 9.69 Å². The summed E-state index contributed by atoms with van der Waals surface area (Å²) in [6, 6.07) is 0. The number of aliphatic carboxylic acids is 3. The molecular weight excluding hydrogens is 230 g/mol. The van der Waals surface area contributed by atoms with E-state index < -0.39 is 17.9 Å². The Hall–Kier alpha value is -2.07. The molecule has 7 nitrogen and oxygen atoms in total. The molecule has 0 fully saturated rings. The van der Waals surface area contributed by atoms with Gasteiger partial charge in [0.25, 0.3) is 0 Å². The molecule has 3 N–H and O–H groups in total. The first-order valence-corrected chi connectivity index (χ1v) is 4.61. The van der Waals surface area contributed by atoms with Gasteiger partial charge in [0.15, 0.2) is 0 Å². The molecule has 0 aromatic heterocycles. The Labute approximate surface area is 98.7 Å². The second kappa shape index (κ2) is 10.4. The molecule has 0 saturated carbocycles. The Bertz CT molecular complexity index is 294. The topological polar surface area (TPSA) is 115 Å². The van der Waals surface area contributed by atoms with Crippen molar-refractivity contribution in [2.75, 3.05) is 20.1 Å². The summed E-state index contributed by atoms with van der Waals surface area (Å²) >= 11 is 0. The van der Waals surface area contributed by atoms with Crippen LogP contribution in [0, 0.1) is 12.3 Å². The molecule has 0 spiro atoms. The molecule has 0 atom stereocenters. The highest BCUT2D eigenvalue weighted by Crippen LogP contribution is 1.91. The molecule has 0 aliphatic carbocycles. The van der Waals surface area contributed by atoms with Crippen molar-refractivity contribution >= 4 is 17.9 Å². The molecule has 17 heavy (non-hydrogen) atoms. The molecular formula is C10H15NO6. The van der Waals surface area contributed by atoms with Crippen molar-refractivity contribution in [3.63, 3.8) is 0 Å². The van der Waals surface area contributed by atoms with Gasteiger partial charge in [-0.15, -0.1) is 6.42 Å². The van der Waals surface area contributed by atoms with Crippen molar-refractivity contribution in [2.24, 2.45) is 0 Å². The normalized spacial score (nSPS) is 8.76. The number of terminal acetylenes is 1. The zero-order valence-corrected chi connectivity index (χ0v) is 9.42. The van der Waals surface area contributed by atoms with Crippen LogP contribution in [0.4, 0.5) is 0 Å². The highest BCUT2D eigenvalue weighted by atomic mass is 16.4. The Kier molecular flexibility index (Phi) is 10.6. The third-order valence-electron chi connectivity index (χ3n) is 1.47. The van der Waals surface area contributed by atoms with E-state index in [1.807, 2.05) is 11.9 Å². The fourth-order valence-electron chi connectivity index (χ4n) is 0.735. The predicted molar refractivity (Wildman–Crippen MR) is 58.5 cm³/mol. The van der Waals surface area contributed by atoms with Crippen LogP contribution in [0.1, 0.15) is 12.8 Å². The standard InChI is InChI=1S/C8H13NO2.C2H2O4/c1-3-6-9(2)7-4-5-8(10)11;3-1(4)2(5)6/h1H,4-7H2,2H3,(H,10,11);(H,3,4)(H,5,6). The van der Waals surface area contributed by atoms with E-state index in [-0.39, 0.29) is 6.42 Å². The molecule has 7 heteroatoms. The smallest absolute Gasteiger partial charge is 0.414 e. The number of carbonyl (C=O) groups is 3. The Morgan fingerprint density at radius 3 is 1.94 bits per heavy atom. The van der Waals surface area contributed by atoms with Crippen molar-refractivity contribution < 1.29 is 29.7 Å². The average molecular weight is 245 g/mol. The molecule has 0 aromatic rings. The minimum Gasteiger partial charge on any atom is -0.481 e. The highest BCUT2D eigenvalue weighted by molar-refractivity contribution is 6.27. The monoisotopic (exact) mass is 245 g/mol. The van der Waals surface area contributed by atoms with Crippen molar-refractivity contribution in [3.8, 4) is 12.3 Å². The van der Waals surface area contributed by atoms with Crippen LogP contribution in [-0.4, -0.2) is 58.3 Å². The van der Waals surface area contributed by atoms with E-state index in [4.69, 9.17) is 31.3 Å². The highest BCUT2D eigenvalue weighted by Gasteiger charge is 2.04. The largest absolute Gasteiger partial charge is 0.481 e. The van der Waals surface area contributed by atoms with Crippen molar-refractivity contribution in [3.05, 3.63) is 0 Å². The maximum absolute atomic E-state index is 10.1. The summed E-state index contributed by atoms with van der Waals surface area (Å²) in [7, 11) is 1.88. The molecule has 96 valence electrons. The molecule has 0 aliphatic rings. The lowest BCUT2D eigenvalue weighted by molar-refractivity contribution is -0.159. The maximum atomic E-state index is 10.1. The van der Waals surface area contributed by atoms with Crippen molar-refractivity contribution in [2.45, 2.75) is 12.8 Å². The summed E-state index contributed by atoms with van der Waals surface area (Å²) in [5.74, 6) is -1.91. The average Bonchev–Trinajstić information content (AvgIpc) is 2.18. The molecule has 0 radical (unpaired) electrons. The van der Waals surface area contributed by atoms with Gasteiger partial charge in [0.2, 0.25) is 0 Å². The van der Waals surface area contributed by atoms with E-state index in [0.717, 1.165) is 6.54 Å². The van der Waals surface area contributed by atoms with E-state index in [1.54, 1.807) is 0 Å². The lowest BCUT2D eigenvalue weighted by atomic mass is 10.3. The van der Waals surface area contributed by atoms with Crippen LogP contribution >= 0.6 is 0 Å². The van der Waals surface area contributed by atoms with Gasteiger partial charge in [-0.25, -0.2) is 9.59 Å². The zero-order valence-electron chi connectivity index (χ0n) is 9.42. The van der Waals surface area contributed by atoms with Crippen LogP contribution in [-0.2, 0) is 14.4 Å². The minimum absolute atomic E-state index is 0.217. The third kappa shape index (κ3) is 16.6. The summed E-state index contributed by atoms with van der Waals surface area (Å²) in [6.07, 6.45) is 5.93. The molecule has 0 aromatic carbocycles. The summed E-state index contributed by atoms with van der Waals surface area (Å²) in [4.78, 5) is 30.2. The summed E-state index contributed by atoms with van der Waals surface area (Å²) in [5.41, 5.74) is 0. The van der Waals surface area contributed by atoms with Crippen LogP contribution in [0.3, 0.4) is 0 Å². The van der Waals surface area contributed by atoms with E-state index >= 15 is 0 Å². The van der Waals surface area contributed by atoms with Crippen LogP contribution in [0.15, 0.2) is 0 Å². The molecule has 0 aliphatic heterocycles. The second-order valence-corrected chi connectivity index (χ2v) is 3.05. The van der Waals surface area contributed by atoms with Gasteiger partial charge in [-0.05, 0) is 20.0 Å². The quantitative estimate of drug-likeness (QED) is 0.444. The van der Waals surface area contributed by atoms with E-state index in [0.29, 0.717) is 13.0 Å². The lowest BCUT2D eigenvalue weighted by Gasteiger charge is -2.10. The number of rotatable bonds is 5. The van der Waals surface area contributed by atoms with Crippen molar-refractivity contribution in [1.82, 2.24) is 4.90 Å². The predicted octanol–water partition coefficient (Wildman–Crippen LogP) is -0.428. The first kappa shape index (κ1) is 17.3. The SMILES string of the molecule is C#CCN(C)CCCC(=O)O.O=C(O)C(=O)O. The number of nitrogens with zero attached hydrogens (tertiary/aromatic N) is 1. The van der Waals surface area contributed by atoms with E-state index in [1.165, 1.54) is 0 Å². The Morgan fingerprint density at radius 1 is 1.18 bits per heavy atom. The van der Waals surface area contributed by atoms with Gasteiger partial charge in [0, 0.05) is 6.42 Å². The summed E-state index contributed by atoms with van der Waals surface area (Å²) in [5, 5.41) is 23.1. The number of carboxylic acid groups (broad SMARTS) is 3. The number of hydrogen-bond acceptors (Lipinski definition) is 4. The van der Waals surface area contributed by atoms with Gasteiger partial charge in [-0.1, -0.05) is 5.92 Å². The molecule has 0 unspecified atom stereocenters. The molecule has 0 rings (SSSR count). The maximum Gasteiger partial charge on any atom is 0.414 e. The van der Waals surface area contributed by atoms with Gasteiger partial charge in [-0.2, -0.15) is 0 Å².